The van der Waals surface area contributed by atoms with E-state index in [2.05, 4.69) is 6.58 Å². The third kappa shape index (κ3) is 3.19. The molecule has 0 radical (unpaired) electrons. The first kappa shape index (κ1) is 11.9. The van der Waals surface area contributed by atoms with Gasteiger partial charge in [-0.1, -0.05) is 37.3 Å². The summed E-state index contributed by atoms with van der Waals surface area (Å²) in [5.41, 5.74) is 1.64. The van der Waals surface area contributed by atoms with Crippen molar-refractivity contribution in [3.8, 4) is 0 Å². The summed E-state index contributed by atoms with van der Waals surface area (Å²) in [7, 11) is 0. The molecule has 0 aliphatic heterocycles. The smallest absolute Gasteiger partial charge is 0.150 e. The van der Waals surface area contributed by atoms with Crippen LogP contribution in [0.2, 0.25) is 0 Å². The molecular formula is C15H18O2. The average molecular weight is 230 g/mol. The molecule has 0 bridgehead atoms. The maximum atomic E-state index is 10.6. The van der Waals surface area contributed by atoms with Gasteiger partial charge in [-0.2, -0.15) is 0 Å². The average Bonchev–Trinajstić information content (AvgIpc) is 2.40. The minimum absolute atomic E-state index is 0.321. The third-order valence-electron chi connectivity index (χ3n) is 3.23. The van der Waals surface area contributed by atoms with Crippen molar-refractivity contribution < 1.29 is 9.53 Å². The summed E-state index contributed by atoms with van der Waals surface area (Å²) in [5, 5.41) is 0. The third-order valence-corrected chi connectivity index (χ3v) is 3.23. The highest BCUT2D eigenvalue weighted by atomic mass is 16.5. The molecule has 1 aliphatic carbocycles. The van der Waals surface area contributed by atoms with E-state index in [4.69, 9.17) is 4.74 Å². The molecule has 0 unspecified atom stereocenters. The zero-order valence-corrected chi connectivity index (χ0v) is 10.0. The van der Waals surface area contributed by atoms with Crippen LogP contribution in [0.5, 0.6) is 0 Å². The molecule has 0 spiro atoms. The highest BCUT2D eigenvalue weighted by Crippen LogP contribution is 2.25. The summed E-state index contributed by atoms with van der Waals surface area (Å²) in [6, 6.07) is 7.35. The second kappa shape index (κ2) is 5.67. The standard InChI is InChI=1S/C15H18O2/c1-12(17-15-5-3-2-4-6-15)14-9-7-13(11-16)8-10-14/h7-11,15H,1-6H2. The summed E-state index contributed by atoms with van der Waals surface area (Å²) in [6.45, 7) is 3.96. The van der Waals surface area contributed by atoms with Gasteiger partial charge in [-0.3, -0.25) is 4.79 Å². The Balaban J connectivity index is 1.95. The highest BCUT2D eigenvalue weighted by Gasteiger charge is 2.15. The van der Waals surface area contributed by atoms with Crippen molar-refractivity contribution in [2.75, 3.05) is 0 Å². The maximum absolute atomic E-state index is 10.6. The number of rotatable bonds is 4. The molecule has 1 saturated carbocycles. The number of hydrogen-bond acceptors (Lipinski definition) is 2. The van der Waals surface area contributed by atoms with Crippen molar-refractivity contribution in [3.05, 3.63) is 42.0 Å². The molecule has 0 amide bonds. The molecule has 0 N–H and O–H groups in total. The molecule has 90 valence electrons. The summed E-state index contributed by atoms with van der Waals surface area (Å²) < 4.78 is 5.87. The highest BCUT2D eigenvalue weighted by molar-refractivity contribution is 5.75. The molecule has 17 heavy (non-hydrogen) atoms. The van der Waals surface area contributed by atoms with Crippen LogP contribution in [0.4, 0.5) is 0 Å². The van der Waals surface area contributed by atoms with Crippen LogP contribution in [0.1, 0.15) is 48.0 Å². The Morgan fingerprint density at radius 3 is 2.41 bits per heavy atom. The Morgan fingerprint density at radius 2 is 1.82 bits per heavy atom. The van der Waals surface area contributed by atoms with Crippen LogP contribution in [0.3, 0.4) is 0 Å². The molecule has 1 aromatic rings. The van der Waals surface area contributed by atoms with Gasteiger partial charge in [0.25, 0.3) is 0 Å². The van der Waals surface area contributed by atoms with Gasteiger partial charge in [0.2, 0.25) is 0 Å². The minimum Gasteiger partial charge on any atom is -0.490 e. The largest absolute Gasteiger partial charge is 0.490 e. The zero-order valence-electron chi connectivity index (χ0n) is 10.0. The van der Waals surface area contributed by atoms with Gasteiger partial charge >= 0.3 is 0 Å². The Hall–Kier alpha value is -1.57. The molecule has 1 fully saturated rings. The van der Waals surface area contributed by atoms with E-state index in [-0.39, 0.29) is 0 Å². The molecule has 0 atom stereocenters. The number of carbonyl (C=O) groups excluding carboxylic acids is 1. The van der Waals surface area contributed by atoms with E-state index in [0.717, 1.165) is 24.7 Å². The normalized spacial score (nSPS) is 16.5. The lowest BCUT2D eigenvalue weighted by atomic mass is 9.97. The Kier molecular flexibility index (Phi) is 3.97. The maximum Gasteiger partial charge on any atom is 0.150 e. The van der Waals surface area contributed by atoms with Crippen molar-refractivity contribution in [1.29, 1.82) is 0 Å². The quantitative estimate of drug-likeness (QED) is 0.580. The topological polar surface area (TPSA) is 26.3 Å². The summed E-state index contributed by atoms with van der Waals surface area (Å²) in [6.07, 6.45) is 7.25. The van der Waals surface area contributed by atoms with Crippen molar-refractivity contribution in [2.24, 2.45) is 0 Å². The first-order chi connectivity index (χ1) is 8.29. The van der Waals surface area contributed by atoms with Crippen LogP contribution >= 0.6 is 0 Å². The van der Waals surface area contributed by atoms with E-state index in [1.165, 1.54) is 19.3 Å². The second-order valence-electron chi connectivity index (χ2n) is 4.54. The monoisotopic (exact) mass is 230 g/mol. The van der Waals surface area contributed by atoms with Crippen LogP contribution in [0, 0.1) is 0 Å². The lowest BCUT2D eigenvalue weighted by Gasteiger charge is -2.24. The van der Waals surface area contributed by atoms with Gasteiger partial charge in [-0.25, -0.2) is 0 Å². The fourth-order valence-corrected chi connectivity index (χ4v) is 2.20. The SMILES string of the molecule is C=C(OC1CCCCC1)c1ccc(C=O)cc1. The minimum atomic E-state index is 0.321. The van der Waals surface area contributed by atoms with Crippen LogP contribution < -0.4 is 0 Å². The lowest BCUT2D eigenvalue weighted by Crippen LogP contribution is -2.15. The molecule has 0 heterocycles. The molecule has 0 saturated heterocycles. The van der Waals surface area contributed by atoms with Crippen molar-refractivity contribution in [2.45, 2.75) is 38.2 Å². The van der Waals surface area contributed by atoms with Gasteiger partial charge in [-0.15, -0.1) is 0 Å². The van der Waals surface area contributed by atoms with E-state index in [1.54, 1.807) is 12.1 Å². The summed E-state index contributed by atoms with van der Waals surface area (Å²) in [5.74, 6) is 0.717. The molecule has 1 aliphatic rings. The second-order valence-corrected chi connectivity index (χ2v) is 4.54. The fraction of sp³-hybridized carbons (Fsp3) is 0.400. The lowest BCUT2D eigenvalue weighted by molar-refractivity contribution is 0.112. The predicted octanol–water partition coefficient (Wildman–Crippen LogP) is 3.82. The molecular weight excluding hydrogens is 212 g/mol. The molecule has 2 nitrogen and oxygen atoms in total. The molecule has 2 heteroatoms. The van der Waals surface area contributed by atoms with Crippen molar-refractivity contribution in [3.63, 3.8) is 0 Å². The van der Waals surface area contributed by atoms with E-state index in [9.17, 15) is 4.79 Å². The molecule has 0 aromatic heterocycles. The number of hydrogen-bond donors (Lipinski definition) is 0. The number of carbonyl (C=O) groups is 1. The van der Waals surface area contributed by atoms with Gasteiger partial charge in [0, 0.05) is 11.1 Å². The van der Waals surface area contributed by atoms with Gasteiger partial charge < -0.3 is 4.74 Å². The Morgan fingerprint density at radius 1 is 1.18 bits per heavy atom. The van der Waals surface area contributed by atoms with Crippen LogP contribution in [0.25, 0.3) is 5.76 Å². The Labute approximate surface area is 102 Å². The van der Waals surface area contributed by atoms with Gasteiger partial charge in [0.1, 0.15) is 12.0 Å². The van der Waals surface area contributed by atoms with Gasteiger partial charge in [-0.05, 0) is 25.7 Å². The first-order valence-corrected chi connectivity index (χ1v) is 6.21. The number of aldehydes is 1. The van der Waals surface area contributed by atoms with Crippen LogP contribution in [-0.4, -0.2) is 12.4 Å². The zero-order chi connectivity index (χ0) is 12.1. The van der Waals surface area contributed by atoms with E-state index in [0.29, 0.717) is 17.4 Å². The van der Waals surface area contributed by atoms with E-state index < -0.39 is 0 Å². The molecule has 1 aromatic carbocycles. The number of benzene rings is 1. The van der Waals surface area contributed by atoms with Gasteiger partial charge in [0.05, 0.1) is 6.10 Å². The van der Waals surface area contributed by atoms with E-state index >= 15 is 0 Å². The predicted molar refractivity (Wildman–Crippen MR) is 68.8 cm³/mol. The van der Waals surface area contributed by atoms with Crippen LogP contribution in [0.15, 0.2) is 30.8 Å². The van der Waals surface area contributed by atoms with Crippen LogP contribution in [-0.2, 0) is 4.74 Å². The fourth-order valence-electron chi connectivity index (χ4n) is 2.20. The van der Waals surface area contributed by atoms with Gasteiger partial charge in [0.15, 0.2) is 0 Å². The summed E-state index contributed by atoms with van der Waals surface area (Å²) >= 11 is 0. The summed E-state index contributed by atoms with van der Waals surface area (Å²) in [4.78, 5) is 10.6. The molecule has 2 rings (SSSR count). The van der Waals surface area contributed by atoms with Crippen molar-refractivity contribution in [1.82, 2.24) is 0 Å². The Bertz CT molecular complexity index is 386. The number of ether oxygens (including phenoxy) is 1. The van der Waals surface area contributed by atoms with E-state index in [1.807, 2.05) is 12.1 Å². The van der Waals surface area contributed by atoms with Crippen molar-refractivity contribution >= 4 is 12.0 Å². The first-order valence-electron chi connectivity index (χ1n) is 6.21.